The minimum absolute atomic E-state index is 0.267. The van der Waals surface area contributed by atoms with E-state index in [1.54, 1.807) is 6.07 Å². The van der Waals surface area contributed by atoms with Gasteiger partial charge in [-0.1, -0.05) is 20.3 Å². The number of nitrogens with zero attached hydrogens (tertiary/aromatic N) is 1. The molecule has 96 valence electrons. The number of hydrogen-bond donors (Lipinski definition) is 1. The molecule has 0 aliphatic rings. The molecule has 17 heavy (non-hydrogen) atoms. The van der Waals surface area contributed by atoms with Crippen LogP contribution in [-0.4, -0.2) is 13.1 Å². The van der Waals surface area contributed by atoms with E-state index < -0.39 is 0 Å². The first-order valence-electron chi connectivity index (χ1n) is 5.99. The molecule has 0 aromatic heterocycles. The summed E-state index contributed by atoms with van der Waals surface area (Å²) in [5.74, 6) is 0.304. The van der Waals surface area contributed by atoms with Gasteiger partial charge >= 0.3 is 0 Å². The molecule has 2 nitrogen and oxygen atoms in total. The number of benzene rings is 1. The lowest BCUT2D eigenvalue weighted by atomic mass is 10.1. The maximum absolute atomic E-state index is 13.5. The highest BCUT2D eigenvalue weighted by atomic mass is 79.9. The number of nitrogens with two attached hydrogens (primary N) is 1. The van der Waals surface area contributed by atoms with Crippen molar-refractivity contribution in [1.82, 2.24) is 0 Å². The predicted octanol–water partition coefficient (Wildman–Crippen LogP) is 4.04. The lowest BCUT2D eigenvalue weighted by molar-refractivity contribution is 0.547. The summed E-state index contributed by atoms with van der Waals surface area (Å²) >= 11 is 3.14. The highest BCUT2D eigenvalue weighted by Crippen LogP contribution is 2.30. The molecule has 0 saturated heterocycles. The zero-order valence-corrected chi connectivity index (χ0v) is 12.2. The maximum Gasteiger partial charge on any atom is 0.139 e. The van der Waals surface area contributed by atoms with E-state index in [-0.39, 0.29) is 5.82 Å². The first-order valence-corrected chi connectivity index (χ1v) is 6.78. The second-order valence-corrected chi connectivity index (χ2v) is 5.23. The molecule has 1 atom stereocenters. The third-order valence-corrected chi connectivity index (χ3v) is 3.63. The Bertz CT molecular complexity index is 382. The van der Waals surface area contributed by atoms with Crippen molar-refractivity contribution < 1.29 is 4.39 Å². The largest absolute Gasteiger partial charge is 0.397 e. The molecular weight excluding hydrogens is 283 g/mol. The molecule has 1 aromatic rings. The zero-order chi connectivity index (χ0) is 13.0. The van der Waals surface area contributed by atoms with E-state index in [4.69, 9.17) is 5.73 Å². The van der Waals surface area contributed by atoms with Gasteiger partial charge in [0, 0.05) is 19.2 Å². The summed E-state index contributed by atoms with van der Waals surface area (Å²) in [6.45, 7) is 8.13. The monoisotopic (exact) mass is 302 g/mol. The predicted molar refractivity (Wildman–Crippen MR) is 75.9 cm³/mol. The number of rotatable bonds is 5. The van der Waals surface area contributed by atoms with E-state index in [0.29, 0.717) is 16.1 Å². The van der Waals surface area contributed by atoms with Crippen LogP contribution in [0.3, 0.4) is 0 Å². The minimum Gasteiger partial charge on any atom is -0.397 e. The Hall–Kier alpha value is -0.770. The van der Waals surface area contributed by atoms with Crippen molar-refractivity contribution in [3.05, 3.63) is 22.4 Å². The highest BCUT2D eigenvalue weighted by molar-refractivity contribution is 9.10. The van der Waals surface area contributed by atoms with E-state index in [1.807, 2.05) is 0 Å². The average molecular weight is 303 g/mol. The molecule has 0 radical (unpaired) electrons. The molecule has 0 saturated carbocycles. The number of halogens is 2. The Balaban J connectivity index is 2.99. The molecule has 2 N–H and O–H groups in total. The van der Waals surface area contributed by atoms with E-state index in [0.717, 1.165) is 25.2 Å². The number of hydrogen-bond acceptors (Lipinski definition) is 2. The van der Waals surface area contributed by atoms with Gasteiger partial charge in [-0.2, -0.15) is 0 Å². The average Bonchev–Trinajstić information content (AvgIpc) is 2.30. The summed E-state index contributed by atoms with van der Waals surface area (Å²) in [6.07, 6.45) is 1.11. The fourth-order valence-corrected chi connectivity index (χ4v) is 2.09. The number of nitrogen functional groups attached to an aromatic ring is 1. The lowest BCUT2D eigenvalue weighted by Gasteiger charge is -2.27. The molecular formula is C13H20BrFN2. The van der Waals surface area contributed by atoms with Crippen LogP contribution in [0.5, 0.6) is 0 Å². The van der Waals surface area contributed by atoms with Crippen molar-refractivity contribution in [3.8, 4) is 0 Å². The van der Waals surface area contributed by atoms with Crippen molar-refractivity contribution in [2.24, 2.45) is 5.92 Å². The van der Waals surface area contributed by atoms with Crippen LogP contribution in [0, 0.1) is 11.7 Å². The normalized spacial score (nSPS) is 12.5. The highest BCUT2D eigenvalue weighted by Gasteiger charge is 2.13. The molecule has 1 aromatic carbocycles. The van der Waals surface area contributed by atoms with Gasteiger partial charge in [-0.3, -0.25) is 0 Å². The van der Waals surface area contributed by atoms with Gasteiger partial charge in [0.2, 0.25) is 0 Å². The van der Waals surface area contributed by atoms with Crippen LogP contribution in [0.4, 0.5) is 15.8 Å². The van der Waals surface area contributed by atoms with Crippen molar-refractivity contribution in [3.63, 3.8) is 0 Å². The molecule has 1 rings (SSSR count). The van der Waals surface area contributed by atoms with E-state index in [9.17, 15) is 4.39 Å². The Morgan fingerprint density at radius 1 is 1.41 bits per heavy atom. The second kappa shape index (κ2) is 6.24. The van der Waals surface area contributed by atoms with Crippen molar-refractivity contribution in [1.29, 1.82) is 0 Å². The summed E-state index contributed by atoms with van der Waals surface area (Å²) in [4.78, 5) is 2.12. The summed E-state index contributed by atoms with van der Waals surface area (Å²) in [7, 11) is 0. The van der Waals surface area contributed by atoms with E-state index in [1.165, 1.54) is 6.07 Å². The van der Waals surface area contributed by atoms with Crippen LogP contribution in [0.25, 0.3) is 0 Å². The summed E-state index contributed by atoms with van der Waals surface area (Å²) in [5, 5.41) is 0. The molecule has 0 fully saturated rings. The number of anilines is 2. The van der Waals surface area contributed by atoms with Crippen molar-refractivity contribution in [2.75, 3.05) is 23.7 Å². The molecule has 0 aliphatic heterocycles. The standard InChI is InChI=1S/C13H20BrFN2/c1-4-9(3)8-17(5-2)13-7-11(15)10(14)6-12(13)16/h6-7,9H,4-5,8,16H2,1-3H3. The second-order valence-electron chi connectivity index (χ2n) is 4.38. The first kappa shape index (κ1) is 14.3. The van der Waals surface area contributed by atoms with Gasteiger partial charge in [-0.05, 0) is 34.8 Å². The molecule has 0 bridgehead atoms. The minimum atomic E-state index is -0.267. The van der Waals surface area contributed by atoms with Gasteiger partial charge in [-0.25, -0.2) is 4.39 Å². The fraction of sp³-hybridized carbons (Fsp3) is 0.538. The molecule has 0 amide bonds. The van der Waals surface area contributed by atoms with Crippen LogP contribution < -0.4 is 10.6 Å². The third-order valence-electron chi connectivity index (χ3n) is 3.02. The van der Waals surface area contributed by atoms with E-state index in [2.05, 4.69) is 41.6 Å². The maximum atomic E-state index is 13.5. The molecule has 4 heteroatoms. The Morgan fingerprint density at radius 3 is 2.59 bits per heavy atom. The van der Waals surface area contributed by atoms with Gasteiger partial charge in [0.1, 0.15) is 5.82 Å². The third kappa shape index (κ3) is 3.60. The topological polar surface area (TPSA) is 29.3 Å². The van der Waals surface area contributed by atoms with Crippen LogP contribution in [0.15, 0.2) is 16.6 Å². The smallest absolute Gasteiger partial charge is 0.139 e. The Morgan fingerprint density at radius 2 is 2.06 bits per heavy atom. The fourth-order valence-electron chi connectivity index (χ4n) is 1.73. The Kier molecular flexibility index (Phi) is 5.25. The molecule has 0 spiro atoms. The van der Waals surface area contributed by atoms with Crippen LogP contribution in [-0.2, 0) is 0 Å². The first-order chi connectivity index (χ1) is 7.99. The van der Waals surface area contributed by atoms with Crippen LogP contribution in [0.1, 0.15) is 27.2 Å². The lowest BCUT2D eigenvalue weighted by Crippen LogP contribution is -2.28. The Labute approximate surface area is 111 Å². The van der Waals surface area contributed by atoms with Crippen LogP contribution >= 0.6 is 15.9 Å². The molecule has 1 unspecified atom stereocenters. The van der Waals surface area contributed by atoms with Crippen molar-refractivity contribution in [2.45, 2.75) is 27.2 Å². The van der Waals surface area contributed by atoms with Gasteiger partial charge in [0.15, 0.2) is 0 Å². The van der Waals surface area contributed by atoms with Gasteiger partial charge in [0.05, 0.1) is 15.8 Å². The zero-order valence-electron chi connectivity index (χ0n) is 10.6. The molecule has 0 heterocycles. The van der Waals surface area contributed by atoms with Gasteiger partial charge in [0.25, 0.3) is 0 Å². The summed E-state index contributed by atoms with van der Waals surface area (Å²) < 4.78 is 14.0. The van der Waals surface area contributed by atoms with E-state index >= 15 is 0 Å². The molecule has 0 aliphatic carbocycles. The summed E-state index contributed by atoms with van der Waals surface area (Å²) in [5.41, 5.74) is 7.35. The van der Waals surface area contributed by atoms with Crippen molar-refractivity contribution >= 4 is 27.3 Å². The SMILES string of the molecule is CCC(C)CN(CC)c1cc(F)c(Br)cc1N. The van der Waals surface area contributed by atoms with Crippen LogP contribution in [0.2, 0.25) is 0 Å². The summed E-state index contributed by atoms with van der Waals surface area (Å²) in [6, 6.07) is 3.13. The van der Waals surface area contributed by atoms with Gasteiger partial charge < -0.3 is 10.6 Å². The quantitative estimate of drug-likeness (QED) is 0.832. The van der Waals surface area contributed by atoms with Gasteiger partial charge in [-0.15, -0.1) is 0 Å².